The maximum absolute atomic E-state index is 4.85. The van der Waals surface area contributed by atoms with Crippen molar-refractivity contribution in [3.8, 4) is 20.9 Å². The van der Waals surface area contributed by atoms with E-state index in [1.54, 1.807) is 12.1 Å². The fraction of sp³-hybridized carbons (Fsp3) is 0.533. The van der Waals surface area contributed by atoms with Gasteiger partial charge in [-0.15, -0.1) is 22.7 Å². The van der Waals surface area contributed by atoms with Gasteiger partial charge in [0.05, 0.1) is 35.2 Å². The Kier molecular flexibility index (Phi) is 9.68. The lowest BCUT2D eigenvalue weighted by Gasteiger charge is -2.13. The Morgan fingerprint density at radius 3 is 1.61 bits per heavy atom. The SMILES string of the molecule is CCCCC(CC)Cc1csc(-c2c3c(c(-c4cc(CC(CC)CCCC)cs4)c4nsnc24)NSN3)c1. The van der Waals surface area contributed by atoms with E-state index in [0.717, 1.165) is 34.2 Å². The first-order valence-corrected chi connectivity index (χ1v) is 17.6. The molecule has 0 amide bonds. The van der Waals surface area contributed by atoms with Crippen molar-refractivity contribution < 1.29 is 0 Å². The number of hydrogen-bond donors (Lipinski definition) is 2. The molecule has 4 nitrogen and oxygen atoms in total. The monoisotopic (exact) mass is 584 g/mol. The molecule has 0 saturated carbocycles. The van der Waals surface area contributed by atoms with Crippen LogP contribution < -0.4 is 9.44 Å². The van der Waals surface area contributed by atoms with Gasteiger partial charge in [0.1, 0.15) is 11.0 Å². The zero-order valence-electron chi connectivity index (χ0n) is 23.1. The fourth-order valence-electron chi connectivity index (χ4n) is 5.60. The molecule has 2 atom stereocenters. The van der Waals surface area contributed by atoms with Gasteiger partial charge in [0.15, 0.2) is 0 Å². The summed E-state index contributed by atoms with van der Waals surface area (Å²) < 4.78 is 16.9. The van der Waals surface area contributed by atoms with E-state index >= 15 is 0 Å². The van der Waals surface area contributed by atoms with Crippen LogP contribution in [0.3, 0.4) is 0 Å². The first-order valence-electron chi connectivity index (χ1n) is 14.3. The van der Waals surface area contributed by atoms with Gasteiger partial charge >= 0.3 is 0 Å². The van der Waals surface area contributed by atoms with Gasteiger partial charge in [0.25, 0.3) is 0 Å². The first kappa shape index (κ1) is 27.9. The Bertz CT molecular complexity index is 1240. The summed E-state index contributed by atoms with van der Waals surface area (Å²) in [5.41, 5.74) is 9.67. The second-order valence-electron chi connectivity index (χ2n) is 10.6. The molecule has 2 unspecified atom stereocenters. The summed E-state index contributed by atoms with van der Waals surface area (Å²) in [4.78, 5) is 2.58. The van der Waals surface area contributed by atoms with Crippen molar-refractivity contribution in [3.63, 3.8) is 0 Å². The van der Waals surface area contributed by atoms with Crippen molar-refractivity contribution in [2.75, 3.05) is 9.44 Å². The van der Waals surface area contributed by atoms with Gasteiger partial charge in [-0.25, -0.2) is 0 Å². The molecular weight excluding hydrogens is 545 g/mol. The van der Waals surface area contributed by atoms with Crippen molar-refractivity contribution in [1.29, 1.82) is 0 Å². The van der Waals surface area contributed by atoms with Crippen molar-refractivity contribution >= 4 is 68.9 Å². The highest BCUT2D eigenvalue weighted by Gasteiger charge is 2.29. The normalized spacial score (nSPS) is 14.4. The molecule has 0 spiro atoms. The van der Waals surface area contributed by atoms with Crippen LogP contribution in [-0.2, 0) is 12.8 Å². The molecule has 0 saturated heterocycles. The number of anilines is 2. The van der Waals surface area contributed by atoms with Crippen molar-refractivity contribution in [1.82, 2.24) is 8.75 Å². The van der Waals surface area contributed by atoms with Gasteiger partial charge in [-0.05, 0) is 58.7 Å². The van der Waals surface area contributed by atoms with Crippen LogP contribution in [0.5, 0.6) is 0 Å². The summed E-state index contributed by atoms with van der Waals surface area (Å²) in [7, 11) is 0. The van der Waals surface area contributed by atoms with Crippen LogP contribution in [0.25, 0.3) is 31.9 Å². The van der Waals surface area contributed by atoms with Crippen molar-refractivity contribution in [2.24, 2.45) is 11.8 Å². The molecule has 4 heterocycles. The number of hydrogen-bond acceptors (Lipinski definition) is 8. The van der Waals surface area contributed by atoms with Crippen LogP contribution >= 0.6 is 46.5 Å². The largest absolute Gasteiger partial charge is 0.309 e. The van der Waals surface area contributed by atoms with Crippen LogP contribution in [0.4, 0.5) is 11.4 Å². The number of rotatable bonds is 14. The Balaban J connectivity index is 1.48. The predicted octanol–water partition coefficient (Wildman–Crippen LogP) is 11.1. The highest BCUT2D eigenvalue weighted by Crippen LogP contribution is 2.53. The Morgan fingerprint density at radius 2 is 1.18 bits per heavy atom. The molecule has 0 fully saturated rings. The minimum absolute atomic E-state index is 0.768. The Morgan fingerprint density at radius 1 is 0.711 bits per heavy atom. The molecule has 0 radical (unpaired) electrons. The number of nitrogens with one attached hydrogen (secondary N) is 2. The van der Waals surface area contributed by atoms with E-state index in [0.29, 0.717) is 0 Å². The zero-order chi connectivity index (χ0) is 26.5. The number of nitrogens with zero attached hydrogens (tertiary/aromatic N) is 2. The Hall–Kier alpha value is -1.61. The van der Waals surface area contributed by atoms with Gasteiger partial charge in [-0.3, -0.25) is 0 Å². The molecule has 38 heavy (non-hydrogen) atoms. The molecule has 204 valence electrons. The molecule has 1 aliphatic heterocycles. The van der Waals surface area contributed by atoms with Crippen LogP contribution in [0.15, 0.2) is 22.9 Å². The molecule has 2 N–H and O–H groups in total. The number of thiophene rings is 2. The summed E-state index contributed by atoms with van der Waals surface area (Å²) in [6.07, 6.45) is 12.7. The van der Waals surface area contributed by atoms with Crippen LogP contribution in [0.1, 0.15) is 90.2 Å². The molecule has 1 aromatic carbocycles. The molecule has 1 aliphatic rings. The summed E-state index contributed by atoms with van der Waals surface area (Å²) in [5, 5.41) is 4.72. The van der Waals surface area contributed by atoms with E-state index in [9.17, 15) is 0 Å². The zero-order valence-corrected chi connectivity index (χ0v) is 26.3. The summed E-state index contributed by atoms with van der Waals surface area (Å²) in [5.74, 6) is 1.54. The number of benzene rings is 1. The average molecular weight is 585 g/mol. The second kappa shape index (κ2) is 13.2. The Labute approximate surface area is 244 Å². The van der Waals surface area contributed by atoms with E-state index < -0.39 is 0 Å². The van der Waals surface area contributed by atoms with Crippen molar-refractivity contribution in [3.05, 3.63) is 34.0 Å². The maximum Gasteiger partial charge on any atom is 0.116 e. The topological polar surface area (TPSA) is 49.8 Å². The van der Waals surface area contributed by atoms with E-state index in [2.05, 4.69) is 60.0 Å². The summed E-state index contributed by atoms with van der Waals surface area (Å²) in [6.45, 7) is 9.25. The van der Waals surface area contributed by atoms with Crippen LogP contribution in [0.2, 0.25) is 0 Å². The molecule has 4 aromatic rings. The third kappa shape index (κ3) is 5.93. The highest BCUT2D eigenvalue weighted by atomic mass is 32.2. The summed E-state index contributed by atoms with van der Waals surface area (Å²) in [6, 6.07) is 4.81. The smallest absolute Gasteiger partial charge is 0.116 e. The molecular formula is C30H40N4S4. The maximum atomic E-state index is 4.85. The standard InChI is InChI=1S/C30H40N4S4/c1-5-9-11-19(7-3)13-21-15-23(35-17-21)25-27-29(33-37-31-27)26(30-28(25)32-38-34-30)24-16-22(18-36-24)14-20(8-4)12-10-6-2/h15-20,31,33H,5-14H2,1-4H3. The molecule has 0 aliphatic carbocycles. The number of unbranched alkanes of at least 4 members (excludes halogenated alkanes) is 2. The van der Waals surface area contributed by atoms with Gasteiger partial charge in [0, 0.05) is 20.9 Å². The van der Waals surface area contributed by atoms with Gasteiger partial charge in [-0.1, -0.05) is 79.1 Å². The number of fused-ring (bicyclic) bond motifs is 2. The minimum atomic E-state index is 0.768. The van der Waals surface area contributed by atoms with Gasteiger partial charge < -0.3 is 9.44 Å². The molecule has 3 aromatic heterocycles. The predicted molar refractivity (Wildman–Crippen MR) is 173 cm³/mol. The second-order valence-corrected chi connectivity index (χ2v) is 13.6. The third-order valence-electron chi connectivity index (χ3n) is 7.95. The lowest BCUT2D eigenvalue weighted by molar-refractivity contribution is 0.449. The van der Waals surface area contributed by atoms with E-state index in [4.69, 9.17) is 8.75 Å². The van der Waals surface area contributed by atoms with Crippen LogP contribution in [0, 0.1) is 11.8 Å². The highest BCUT2D eigenvalue weighted by molar-refractivity contribution is 8.02. The van der Waals surface area contributed by atoms with Crippen LogP contribution in [-0.4, -0.2) is 8.75 Å². The van der Waals surface area contributed by atoms with E-state index in [1.165, 1.54) is 108 Å². The quantitative estimate of drug-likeness (QED) is 0.144. The van der Waals surface area contributed by atoms with E-state index in [-0.39, 0.29) is 0 Å². The first-order chi connectivity index (χ1) is 18.7. The van der Waals surface area contributed by atoms with Gasteiger partial charge in [0.2, 0.25) is 0 Å². The summed E-state index contributed by atoms with van der Waals surface area (Å²) >= 11 is 6.58. The molecule has 8 heteroatoms. The lowest BCUT2D eigenvalue weighted by atomic mass is 9.92. The molecule has 0 bridgehead atoms. The average Bonchev–Trinajstić information content (AvgIpc) is 3.75. The van der Waals surface area contributed by atoms with E-state index in [1.807, 2.05) is 22.7 Å². The van der Waals surface area contributed by atoms with Crippen molar-refractivity contribution in [2.45, 2.75) is 91.9 Å². The minimum Gasteiger partial charge on any atom is -0.309 e. The third-order valence-corrected chi connectivity index (χ3v) is 11.1. The van der Waals surface area contributed by atoms with Gasteiger partial charge in [-0.2, -0.15) is 8.75 Å². The number of aromatic nitrogens is 2. The lowest BCUT2D eigenvalue weighted by Crippen LogP contribution is -2.02. The molecule has 5 rings (SSSR count). The fourth-order valence-corrected chi connectivity index (χ4v) is 8.78.